The number of carbonyl (C=O) groups is 3. The van der Waals surface area contributed by atoms with E-state index in [1.807, 2.05) is 13.8 Å². The number of amides is 3. The summed E-state index contributed by atoms with van der Waals surface area (Å²) in [5.74, 6) is -0.474. The molecule has 0 aliphatic heterocycles. The Morgan fingerprint density at radius 3 is 2.19 bits per heavy atom. The van der Waals surface area contributed by atoms with Gasteiger partial charge in [-0.25, -0.2) is 0 Å². The number of hydrogen-bond donors (Lipinski definition) is 3. The van der Waals surface area contributed by atoms with E-state index in [0.717, 1.165) is 5.56 Å². The molecule has 0 spiro atoms. The summed E-state index contributed by atoms with van der Waals surface area (Å²) in [6, 6.07) is 6.78. The van der Waals surface area contributed by atoms with E-state index in [9.17, 15) is 14.4 Å². The highest BCUT2D eigenvalue weighted by atomic mass is 16.2. The van der Waals surface area contributed by atoms with Gasteiger partial charge in [0, 0.05) is 25.5 Å². The van der Waals surface area contributed by atoms with Crippen LogP contribution in [0.15, 0.2) is 24.3 Å². The summed E-state index contributed by atoms with van der Waals surface area (Å²) in [7, 11) is 0. The minimum absolute atomic E-state index is 0.107. The second kappa shape index (κ2) is 8.04. The van der Waals surface area contributed by atoms with Gasteiger partial charge in [-0.3, -0.25) is 25.2 Å². The molecule has 3 N–H and O–H groups in total. The van der Waals surface area contributed by atoms with Gasteiger partial charge in [0.05, 0.1) is 0 Å². The highest BCUT2D eigenvalue weighted by Gasteiger charge is 2.08. The van der Waals surface area contributed by atoms with Crippen molar-refractivity contribution in [3.63, 3.8) is 0 Å². The van der Waals surface area contributed by atoms with Crippen LogP contribution >= 0.6 is 0 Å². The van der Waals surface area contributed by atoms with Crippen molar-refractivity contribution in [3.8, 4) is 0 Å². The first-order chi connectivity index (χ1) is 9.88. The predicted molar refractivity (Wildman–Crippen MR) is 79.0 cm³/mol. The van der Waals surface area contributed by atoms with Crippen molar-refractivity contribution in [2.24, 2.45) is 5.92 Å². The quantitative estimate of drug-likeness (QED) is 0.711. The molecule has 6 nitrogen and oxygen atoms in total. The third-order valence-corrected chi connectivity index (χ3v) is 2.67. The first-order valence-corrected chi connectivity index (χ1v) is 6.81. The molecule has 6 heteroatoms. The number of hydrogen-bond acceptors (Lipinski definition) is 3. The average Bonchev–Trinajstić information content (AvgIpc) is 2.42. The van der Waals surface area contributed by atoms with Crippen molar-refractivity contribution in [2.45, 2.75) is 33.7 Å². The van der Waals surface area contributed by atoms with Gasteiger partial charge in [-0.15, -0.1) is 0 Å². The Bertz CT molecular complexity index is 509. The summed E-state index contributed by atoms with van der Waals surface area (Å²) >= 11 is 0. The lowest BCUT2D eigenvalue weighted by molar-refractivity contribution is -0.122. The third-order valence-electron chi connectivity index (χ3n) is 2.67. The van der Waals surface area contributed by atoms with Gasteiger partial charge in [0.15, 0.2) is 0 Å². The normalized spacial score (nSPS) is 10.1. The zero-order valence-corrected chi connectivity index (χ0v) is 12.5. The van der Waals surface area contributed by atoms with E-state index < -0.39 is 0 Å². The van der Waals surface area contributed by atoms with Crippen LogP contribution in [0.1, 0.15) is 43.1 Å². The van der Waals surface area contributed by atoms with Gasteiger partial charge in [0.25, 0.3) is 5.91 Å². The Morgan fingerprint density at radius 2 is 1.67 bits per heavy atom. The standard InChI is InChI=1S/C15H21N3O3/c1-10(2)8-14(20)17-18-15(21)13-6-4-12(5-7-13)9-16-11(3)19/h4-7,10H,8-9H2,1-3H3,(H,16,19)(H,17,20)(H,18,21). The summed E-state index contributed by atoms with van der Waals surface area (Å²) in [4.78, 5) is 34.0. The molecule has 0 atom stereocenters. The van der Waals surface area contributed by atoms with Crippen LogP contribution in [0.5, 0.6) is 0 Å². The predicted octanol–water partition coefficient (Wildman–Crippen LogP) is 1.13. The minimum Gasteiger partial charge on any atom is -0.352 e. The van der Waals surface area contributed by atoms with Crippen LogP contribution in [0.2, 0.25) is 0 Å². The number of hydrazine groups is 1. The number of rotatable bonds is 5. The van der Waals surface area contributed by atoms with Gasteiger partial charge in [-0.2, -0.15) is 0 Å². The second-order valence-electron chi connectivity index (χ2n) is 5.21. The van der Waals surface area contributed by atoms with E-state index in [1.165, 1.54) is 6.92 Å². The largest absolute Gasteiger partial charge is 0.352 e. The van der Waals surface area contributed by atoms with Crippen LogP contribution in [0.25, 0.3) is 0 Å². The molecule has 0 aromatic heterocycles. The van der Waals surface area contributed by atoms with Gasteiger partial charge in [-0.05, 0) is 23.6 Å². The van der Waals surface area contributed by atoms with E-state index in [2.05, 4.69) is 16.2 Å². The lowest BCUT2D eigenvalue weighted by Crippen LogP contribution is -2.42. The highest BCUT2D eigenvalue weighted by molar-refractivity contribution is 5.95. The fourth-order valence-corrected chi connectivity index (χ4v) is 1.62. The summed E-state index contributed by atoms with van der Waals surface area (Å²) in [6.07, 6.45) is 0.357. The maximum absolute atomic E-state index is 11.8. The van der Waals surface area contributed by atoms with Crippen LogP contribution in [0.3, 0.4) is 0 Å². The zero-order chi connectivity index (χ0) is 15.8. The van der Waals surface area contributed by atoms with E-state index >= 15 is 0 Å². The van der Waals surface area contributed by atoms with Gasteiger partial charge in [0.1, 0.15) is 0 Å². The van der Waals surface area contributed by atoms with Crippen LogP contribution in [-0.4, -0.2) is 17.7 Å². The van der Waals surface area contributed by atoms with Crippen molar-refractivity contribution < 1.29 is 14.4 Å². The molecule has 0 bridgehead atoms. The zero-order valence-electron chi connectivity index (χ0n) is 12.5. The molecule has 21 heavy (non-hydrogen) atoms. The lowest BCUT2D eigenvalue weighted by atomic mass is 10.1. The van der Waals surface area contributed by atoms with Gasteiger partial charge in [0.2, 0.25) is 11.8 Å². The van der Waals surface area contributed by atoms with Crippen LogP contribution in [0.4, 0.5) is 0 Å². The number of benzene rings is 1. The Kier molecular flexibility index (Phi) is 6.39. The molecule has 0 heterocycles. The fraction of sp³-hybridized carbons (Fsp3) is 0.400. The van der Waals surface area contributed by atoms with E-state index in [-0.39, 0.29) is 23.6 Å². The molecule has 0 aliphatic rings. The van der Waals surface area contributed by atoms with Crippen molar-refractivity contribution >= 4 is 17.7 Å². The first-order valence-electron chi connectivity index (χ1n) is 6.81. The van der Waals surface area contributed by atoms with E-state index in [4.69, 9.17) is 0 Å². The Hall–Kier alpha value is -2.37. The molecule has 0 saturated heterocycles. The van der Waals surface area contributed by atoms with Gasteiger partial charge < -0.3 is 5.32 Å². The van der Waals surface area contributed by atoms with Crippen molar-refractivity contribution in [1.82, 2.24) is 16.2 Å². The van der Waals surface area contributed by atoms with Gasteiger partial charge >= 0.3 is 0 Å². The summed E-state index contributed by atoms with van der Waals surface area (Å²) < 4.78 is 0. The maximum Gasteiger partial charge on any atom is 0.269 e. The SMILES string of the molecule is CC(=O)NCc1ccc(C(=O)NNC(=O)CC(C)C)cc1. The maximum atomic E-state index is 11.8. The lowest BCUT2D eigenvalue weighted by Gasteiger charge is -2.09. The third kappa shape index (κ3) is 6.56. The van der Waals surface area contributed by atoms with E-state index in [0.29, 0.717) is 18.5 Å². The monoisotopic (exact) mass is 291 g/mol. The van der Waals surface area contributed by atoms with Crippen molar-refractivity contribution in [2.75, 3.05) is 0 Å². The number of carbonyl (C=O) groups excluding carboxylic acids is 3. The highest BCUT2D eigenvalue weighted by Crippen LogP contribution is 2.04. The van der Waals surface area contributed by atoms with Crippen LogP contribution in [0, 0.1) is 5.92 Å². The second-order valence-corrected chi connectivity index (χ2v) is 5.21. The molecule has 0 aliphatic carbocycles. The summed E-state index contributed by atoms with van der Waals surface area (Å²) in [5.41, 5.74) is 6.07. The number of nitrogens with one attached hydrogen (secondary N) is 3. The van der Waals surface area contributed by atoms with E-state index in [1.54, 1.807) is 24.3 Å². The molecule has 0 unspecified atom stereocenters. The first kappa shape index (κ1) is 16.7. The summed E-state index contributed by atoms with van der Waals surface area (Å²) in [5, 5.41) is 2.67. The Morgan fingerprint density at radius 1 is 1.05 bits per heavy atom. The Balaban J connectivity index is 2.47. The van der Waals surface area contributed by atoms with Crippen molar-refractivity contribution in [3.05, 3.63) is 35.4 Å². The minimum atomic E-state index is -0.377. The summed E-state index contributed by atoms with van der Waals surface area (Å²) in [6.45, 7) is 5.72. The van der Waals surface area contributed by atoms with Gasteiger partial charge in [-0.1, -0.05) is 26.0 Å². The molecule has 1 aromatic rings. The molecule has 1 rings (SSSR count). The molecule has 3 amide bonds. The van der Waals surface area contributed by atoms with Crippen molar-refractivity contribution in [1.29, 1.82) is 0 Å². The Labute approximate surface area is 124 Å². The molecule has 0 radical (unpaired) electrons. The molecular formula is C15H21N3O3. The molecule has 114 valence electrons. The average molecular weight is 291 g/mol. The molecular weight excluding hydrogens is 270 g/mol. The molecule has 0 fully saturated rings. The van der Waals surface area contributed by atoms with Crippen LogP contribution < -0.4 is 16.2 Å². The van der Waals surface area contributed by atoms with Crippen LogP contribution in [-0.2, 0) is 16.1 Å². The molecule has 1 aromatic carbocycles. The smallest absolute Gasteiger partial charge is 0.269 e. The topological polar surface area (TPSA) is 87.3 Å². The molecule has 0 saturated carbocycles. The fourth-order valence-electron chi connectivity index (χ4n) is 1.62.